The Balaban J connectivity index is 1.89. The fourth-order valence-corrected chi connectivity index (χ4v) is 3.31. The average Bonchev–Trinajstić information content (AvgIpc) is 2.87. The maximum absolute atomic E-state index is 12.2. The Morgan fingerprint density at radius 2 is 1.71 bits per heavy atom. The lowest BCUT2D eigenvalue weighted by Crippen LogP contribution is -2.16. The summed E-state index contributed by atoms with van der Waals surface area (Å²) in [5.74, 6) is 1.24. The van der Waals surface area contributed by atoms with Gasteiger partial charge in [0.25, 0.3) is 5.56 Å². The number of hydrogen-bond donors (Lipinski definition) is 1. The number of nitrogens with zero attached hydrogens (tertiary/aromatic N) is 3. The van der Waals surface area contributed by atoms with E-state index in [-0.39, 0.29) is 5.56 Å². The van der Waals surface area contributed by atoms with Crippen LogP contribution >= 0.6 is 0 Å². The van der Waals surface area contributed by atoms with Crippen LogP contribution in [0.5, 0.6) is 0 Å². The first kappa shape index (κ1) is 14.3. The van der Waals surface area contributed by atoms with E-state index in [9.17, 15) is 4.79 Å². The molecule has 0 spiro atoms. The molecule has 2 aromatic heterocycles. The van der Waals surface area contributed by atoms with E-state index < -0.39 is 0 Å². The van der Waals surface area contributed by atoms with Crippen LogP contribution in [0.4, 0.5) is 0 Å². The normalized spacial score (nSPS) is 18.9. The second-order valence-electron chi connectivity index (χ2n) is 6.23. The van der Waals surface area contributed by atoms with Crippen molar-refractivity contribution in [1.29, 1.82) is 0 Å². The quantitative estimate of drug-likeness (QED) is 0.876. The molecule has 21 heavy (non-hydrogen) atoms. The van der Waals surface area contributed by atoms with Gasteiger partial charge in [0, 0.05) is 13.0 Å². The van der Waals surface area contributed by atoms with Crippen LogP contribution in [0, 0.1) is 0 Å². The molecule has 5 nitrogen and oxygen atoms in total. The lowest BCUT2D eigenvalue weighted by molar-refractivity contribution is 0.450. The first-order valence-corrected chi connectivity index (χ1v) is 8.17. The topological polar surface area (TPSA) is 63.6 Å². The summed E-state index contributed by atoms with van der Waals surface area (Å²) in [7, 11) is 1.89. The number of hydrogen-bond acceptors (Lipinski definition) is 3. The summed E-state index contributed by atoms with van der Waals surface area (Å²) in [5, 5.41) is 0. The summed E-state index contributed by atoms with van der Waals surface area (Å²) < 4.78 is 1.83. The van der Waals surface area contributed by atoms with Crippen LogP contribution in [0.25, 0.3) is 11.2 Å². The SMILES string of the molecule is Cn1cnc2c(=O)[nH]c(C3CCCCCCCCC3)nc21. The van der Waals surface area contributed by atoms with Gasteiger partial charge in [-0.25, -0.2) is 9.97 Å². The number of fused-ring (bicyclic) bond motifs is 1. The van der Waals surface area contributed by atoms with Crippen molar-refractivity contribution in [1.82, 2.24) is 19.5 Å². The van der Waals surface area contributed by atoms with Gasteiger partial charge in [0.05, 0.1) is 6.33 Å². The summed E-state index contributed by atoms with van der Waals surface area (Å²) in [6, 6.07) is 0. The molecule has 0 bridgehead atoms. The van der Waals surface area contributed by atoms with Gasteiger partial charge in [0.2, 0.25) is 0 Å². The fraction of sp³-hybridized carbons (Fsp3) is 0.688. The number of imidazole rings is 1. The van der Waals surface area contributed by atoms with Crippen LogP contribution in [0.1, 0.15) is 69.5 Å². The molecular formula is C16H24N4O. The highest BCUT2D eigenvalue weighted by Gasteiger charge is 2.17. The molecule has 5 heteroatoms. The van der Waals surface area contributed by atoms with Gasteiger partial charge in [0.15, 0.2) is 11.2 Å². The van der Waals surface area contributed by atoms with E-state index in [2.05, 4.69) is 9.97 Å². The Kier molecular flexibility index (Phi) is 4.36. The largest absolute Gasteiger partial charge is 0.318 e. The van der Waals surface area contributed by atoms with E-state index in [4.69, 9.17) is 4.98 Å². The lowest BCUT2D eigenvalue weighted by Gasteiger charge is -2.17. The molecule has 0 aliphatic heterocycles. The number of H-pyrrole nitrogens is 1. The summed E-state index contributed by atoms with van der Waals surface area (Å²) in [5.41, 5.74) is 1.04. The van der Waals surface area contributed by atoms with Crippen LogP contribution in [0.15, 0.2) is 11.1 Å². The number of aromatic amines is 1. The van der Waals surface area contributed by atoms with Gasteiger partial charge in [-0.1, -0.05) is 44.9 Å². The molecule has 114 valence electrons. The molecule has 3 rings (SSSR count). The molecular weight excluding hydrogens is 264 g/mol. The van der Waals surface area contributed by atoms with Crippen LogP contribution in [-0.2, 0) is 7.05 Å². The van der Waals surface area contributed by atoms with E-state index in [1.54, 1.807) is 6.33 Å². The summed E-state index contributed by atoms with van der Waals surface area (Å²) >= 11 is 0. The minimum atomic E-state index is -0.104. The summed E-state index contributed by atoms with van der Waals surface area (Å²) in [4.78, 5) is 23.9. The van der Waals surface area contributed by atoms with Gasteiger partial charge in [-0.05, 0) is 12.8 Å². The highest BCUT2D eigenvalue weighted by atomic mass is 16.1. The maximum atomic E-state index is 12.2. The van der Waals surface area contributed by atoms with Gasteiger partial charge in [-0.2, -0.15) is 0 Å². The monoisotopic (exact) mass is 288 g/mol. The van der Waals surface area contributed by atoms with Crippen molar-refractivity contribution in [3.63, 3.8) is 0 Å². The third-order valence-corrected chi connectivity index (χ3v) is 4.58. The Labute approximate surface area is 124 Å². The third-order valence-electron chi connectivity index (χ3n) is 4.58. The molecule has 1 N–H and O–H groups in total. The molecule has 0 unspecified atom stereocenters. The van der Waals surface area contributed by atoms with Crippen molar-refractivity contribution >= 4 is 11.2 Å². The molecule has 0 aromatic carbocycles. The molecule has 1 aliphatic carbocycles. The Morgan fingerprint density at radius 3 is 2.38 bits per heavy atom. The van der Waals surface area contributed by atoms with Crippen LogP contribution in [0.2, 0.25) is 0 Å². The second-order valence-corrected chi connectivity index (χ2v) is 6.23. The van der Waals surface area contributed by atoms with Crippen molar-refractivity contribution in [2.75, 3.05) is 0 Å². The van der Waals surface area contributed by atoms with Crippen molar-refractivity contribution < 1.29 is 0 Å². The smallest absolute Gasteiger partial charge is 0.279 e. The number of rotatable bonds is 1. The summed E-state index contributed by atoms with van der Waals surface area (Å²) in [6.45, 7) is 0. The standard InChI is InChI=1S/C16H24N4O/c1-20-11-17-13-15(20)18-14(19-16(13)21)12-9-7-5-3-2-4-6-8-10-12/h11-12H,2-10H2,1H3,(H,18,19,21). The number of nitrogens with one attached hydrogen (secondary N) is 1. The molecule has 2 heterocycles. The Hall–Kier alpha value is -1.65. The van der Waals surface area contributed by atoms with Gasteiger partial charge < -0.3 is 9.55 Å². The molecule has 0 atom stereocenters. The molecule has 0 radical (unpaired) electrons. The fourth-order valence-electron chi connectivity index (χ4n) is 3.31. The van der Waals surface area contributed by atoms with E-state index in [0.717, 1.165) is 18.7 Å². The van der Waals surface area contributed by atoms with Gasteiger partial charge in [-0.15, -0.1) is 0 Å². The first-order chi connectivity index (χ1) is 10.3. The van der Waals surface area contributed by atoms with Crippen LogP contribution in [0.3, 0.4) is 0 Å². The zero-order chi connectivity index (χ0) is 14.7. The summed E-state index contributed by atoms with van der Waals surface area (Å²) in [6.07, 6.45) is 13.1. The Bertz CT molecular complexity index is 648. The predicted molar refractivity (Wildman–Crippen MR) is 83.4 cm³/mol. The minimum absolute atomic E-state index is 0.104. The molecule has 0 amide bonds. The molecule has 1 saturated carbocycles. The number of aromatic nitrogens is 4. The first-order valence-electron chi connectivity index (χ1n) is 8.17. The van der Waals surface area contributed by atoms with Gasteiger partial charge in [-0.3, -0.25) is 4.79 Å². The highest BCUT2D eigenvalue weighted by Crippen LogP contribution is 2.27. The molecule has 1 fully saturated rings. The highest BCUT2D eigenvalue weighted by molar-refractivity contribution is 5.69. The molecule has 2 aromatic rings. The maximum Gasteiger partial charge on any atom is 0.279 e. The van der Waals surface area contributed by atoms with Gasteiger partial charge >= 0.3 is 0 Å². The van der Waals surface area contributed by atoms with E-state index in [1.807, 2.05) is 11.6 Å². The lowest BCUT2D eigenvalue weighted by atomic mass is 9.91. The molecule has 0 saturated heterocycles. The average molecular weight is 288 g/mol. The van der Waals surface area contributed by atoms with E-state index >= 15 is 0 Å². The predicted octanol–water partition coefficient (Wildman–Crippen LogP) is 3.26. The third kappa shape index (κ3) is 3.17. The van der Waals surface area contributed by atoms with E-state index in [1.165, 1.54) is 44.9 Å². The minimum Gasteiger partial charge on any atom is -0.318 e. The van der Waals surface area contributed by atoms with Crippen LogP contribution in [-0.4, -0.2) is 19.5 Å². The molecule has 1 aliphatic rings. The zero-order valence-electron chi connectivity index (χ0n) is 12.8. The van der Waals surface area contributed by atoms with Gasteiger partial charge in [0.1, 0.15) is 5.82 Å². The Morgan fingerprint density at radius 1 is 1.10 bits per heavy atom. The van der Waals surface area contributed by atoms with Crippen molar-refractivity contribution in [3.8, 4) is 0 Å². The van der Waals surface area contributed by atoms with Crippen molar-refractivity contribution in [2.45, 2.75) is 63.7 Å². The zero-order valence-corrected chi connectivity index (χ0v) is 12.8. The second kappa shape index (κ2) is 6.41. The van der Waals surface area contributed by atoms with Crippen molar-refractivity contribution in [2.24, 2.45) is 7.05 Å². The van der Waals surface area contributed by atoms with Crippen LogP contribution < -0.4 is 5.56 Å². The van der Waals surface area contributed by atoms with E-state index in [0.29, 0.717) is 17.1 Å². The van der Waals surface area contributed by atoms with Crippen molar-refractivity contribution in [3.05, 3.63) is 22.5 Å². The number of aryl methyl sites for hydroxylation is 1.